The summed E-state index contributed by atoms with van der Waals surface area (Å²) in [6.45, 7) is 0.426. The second-order valence-corrected chi connectivity index (χ2v) is 5.39. The van der Waals surface area contributed by atoms with Crippen molar-refractivity contribution in [3.63, 3.8) is 0 Å². The summed E-state index contributed by atoms with van der Waals surface area (Å²) in [4.78, 5) is 11.1. The van der Waals surface area contributed by atoms with Crippen molar-refractivity contribution >= 4 is 34.7 Å². The van der Waals surface area contributed by atoms with E-state index in [0.717, 1.165) is 16.7 Å². The van der Waals surface area contributed by atoms with E-state index >= 15 is 0 Å². The molecule has 0 saturated carbocycles. The molecule has 1 aliphatic rings. The lowest BCUT2D eigenvalue weighted by Gasteiger charge is -2.19. The number of carboxylic acids is 1. The average Bonchev–Trinajstić information content (AvgIpc) is 2.49. The van der Waals surface area contributed by atoms with Gasteiger partial charge in [-0.3, -0.25) is 0 Å². The van der Waals surface area contributed by atoms with E-state index < -0.39 is 5.97 Å². The smallest absolute Gasteiger partial charge is 0.335 e. The van der Waals surface area contributed by atoms with Gasteiger partial charge in [-0.05, 0) is 47.5 Å². The molecule has 0 aliphatic carbocycles. The zero-order valence-electron chi connectivity index (χ0n) is 10.8. The van der Waals surface area contributed by atoms with Crippen LogP contribution >= 0.6 is 23.2 Å². The van der Waals surface area contributed by atoms with Gasteiger partial charge < -0.3 is 9.84 Å². The van der Waals surface area contributed by atoms with Crippen LogP contribution in [-0.4, -0.2) is 17.7 Å². The van der Waals surface area contributed by atoms with Gasteiger partial charge in [0, 0.05) is 5.56 Å². The van der Waals surface area contributed by atoms with Gasteiger partial charge in [-0.2, -0.15) is 0 Å². The lowest BCUT2D eigenvalue weighted by Crippen LogP contribution is -2.07. The van der Waals surface area contributed by atoms with Gasteiger partial charge in [-0.25, -0.2) is 4.79 Å². The minimum Gasteiger partial charge on any atom is -0.489 e. The van der Waals surface area contributed by atoms with Crippen LogP contribution in [0.1, 0.15) is 21.5 Å². The predicted molar refractivity (Wildman–Crippen MR) is 82.4 cm³/mol. The molecule has 0 aromatic heterocycles. The number of hydrogen-bond donors (Lipinski definition) is 1. The Morgan fingerprint density at radius 3 is 2.62 bits per heavy atom. The van der Waals surface area contributed by atoms with Crippen molar-refractivity contribution in [3.8, 4) is 5.75 Å². The van der Waals surface area contributed by atoms with Crippen LogP contribution in [0.5, 0.6) is 5.75 Å². The van der Waals surface area contributed by atoms with Gasteiger partial charge in [0.2, 0.25) is 0 Å². The monoisotopic (exact) mass is 320 g/mol. The quantitative estimate of drug-likeness (QED) is 0.885. The van der Waals surface area contributed by atoms with Crippen molar-refractivity contribution in [2.45, 2.75) is 0 Å². The lowest BCUT2D eigenvalue weighted by atomic mass is 9.94. The Hall–Kier alpha value is -1.97. The highest BCUT2D eigenvalue weighted by Gasteiger charge is 2.18. The number of carbonyl (C=O) groups is 1. The molecule has 0 atom stereocenters. The summed E-state index contributed by atoms with van der Waals surface area (Å²) < 4.78 is 5.54. The molecule has 21 heavy (non-hydrogen) atoms. The fourth-order valence-electron chi connectivity index (χ4n) is 2.26. The van der Waals surface area contributed by atoms with Crippen LogP contribution in [0, 0.1) is 0 Å². The Labute approximate surface area is 131 Å². The third-order valence-electron chi connectivity index (χ3n) is 3.27. The van der Waals surface area contributed by atoms with Crippen molar-refractivity contribution in [2.24, 2.45) is 0 Å². The molecule has 5 heteroatoms. The summed E-state index contributed by atoms with van der Waals surface area (Å²) in [6, 6.07) is 10.1. The Kier molecular flexibility index (Phi) is 3.62. The molecule has 3 rings (SSSR count). The number of ether oxygens (including phenoxy) is 1. The average molecular weight is 321 g/mol. The van der Waals surface area contributed by atoms with Crippen LogP contribution < -0.4 is 4.74 Å². The van der Waals surface area contributed by atoms with Crippen LogP contribution in [0.25, 0.3) is 5.57 Å². The molecule has 0 fully saturated rings. The van der Waals surface area contributed by atoms with E-state index in [1.54, 1.807) is 24.3 Å². The molecular weight excluding hydrogens is 311 g/mol. The molecule has 0 unspecified atom stereocenters. The second kappa shape index (κ2) is 5.43. The van der Waals surface area contributed by atoms with Gasteiger partial charge in [0.1, 0.15) is 12.4 Å². The number of benzene rings is 2. The van der Waals surface area contributed by atoms with Crippen LogP contribution in [0.2, 0.25) is 10.0 Å². The molecule has 1 heterocycles. The summed E-state index contributed by atoms with van der Waals surface area (Å²) in [5.74, 6) is -0.319. The first-order valence-corrected chi connectivity index (χ1v) is 6.98. The molecule has 0 amide bonds. The normalized spacial score (nSPS) is 13.1. The van der Waals surface area contributed by atoms with Crippen LogP contribution in [0.15, 0.2) is 42.5 Å². The Balaban J connectivity index is 2.13. The van der Waals surface area contributed by atoms with E-state index in [4.69, 9.17) is 33.0 Å². The molecule has 2 aromatic rings. The summed E-state index contributed by atoms with van der Waals surface area (Å²) in [5, 5.41) is 10.1. The van der Waals surface area contributed by atoms with Crippen LogP contribution in [-0.2, 0) is 0 Å². The zero-order valence-corrected chi connectivity index (χ0v) is 12.3. The third kappa shape index (κ3) is 2.62. The molecule has 1 N–H and O–H groups in total. The number of halogens is 2. The van der Waals surface area contributed by atoms with Gasteiger partial charge >= 0.3 is 5.97 Å². The summed E-state index contributed by atoms with van der Waals surface area (Å²) in [6.07, 6.45) is 1.90. The molecule has 1 aliphatic heterocycles. The summed E-state index contributed by atoms with van der Waals surface area (Å²) >= 11 is 12.0. The lowest BCUT2D eigenvalue weighted by molar-refractivity contribution is 0.0697. The maximum atomic E-state index is 11.1. The molecular formula is C16H10Cl2O3. The summed E-state index contributed by atoms with van der Waals surface area (Å²) in [5.41, 5.74) is 2.71. The van der Waals surface area contributed by atoms with Crippen molar-refractivity contribution in [1.82, 2.24) is 0 Å². The first kappa shape index (κ1) is 14.0. The maximum absolute atomic E-state index is 11.1. The van der Waals surface area contributed by atoms with E-state index in [-0.39, 0.29) is 5.56 Å². The van der Waals surface area contributed by atoms with E-state index in [0.29, 0.717) is 22.4 Å². The fraction of sp³-hybridized carbons (Fsp3) is 0.0625. The molecule has 2 aromatic carbocycles. The van der Waals surface area contributed by atoms with Crippen molar-refractivity contribution in [3.05, 3.63) is 69.2 Å². The van der Waals surface area contributed by atoms with E-state index in [9.17, 15) is 4.79 Å². The minimum absolute atomic E-state index is 0.213. The van der Waals surface area contributed by atoms with Gasteiger partial charge in [0.25, 0.3) is 0 Å². The molecule has 106 valence electrons. The summed E-state index contributed by atoms with van der Waals surface area (Å²) in [7, 11) is 0. The van der Waals surface area contributed by atoms with Gasteiger partial charge in [-0.15, -0.1) is 0 Å². The highest BCUT2D eigenvalue weighted by atomic mass is 35.5. The first-order chi connectivity index (χ1) is 10.1. The van der Waals surface area contributed by atoms with Crippen molar-refractivity contribution < 1.29 is 14.6 Å². The molecule has 0 bridgehead atoms. The number of aromatic carboxylic acids is 1. The SMILES string of the molecule is O=C(O)c1ccc2c(c1)C(c1ccc(Cl)c(Cl)c1)=CCO2. The Morgan fingerprint density at radius 1 is 1.10 bits per heavy atom. The molecule has 0 spiro atoms. The molecule has 3 nitrogen and oxygen atoms in total. The van der Waals surface area contributed by atoms with Gasteiger partial charge in [0.15, 0.2) is 0 Å². The van der Waals surface area contributed by atoms with Crippen LogP contribution in [0.4, 0.5) is 0 Å². The van der Waals surface area contributed by atoms with E-state index in [2.05, 4.69) is 0 Å². The zero-order chi connectivity index (χ0) is 15.0. The third-order valence-corrected chi connectivity index (χ3v) is 4.01. The largest absolute Gasteiger partial charge is 0.489 e. The maximum Gasteiger partial charge on any atom is 0.335 e. The topological polar surface area (TPSA) is 46.5 Å². The van der Waals surface area contributed by atoms with Crippen LogP contribution in [0.3, 0.4) is 0 Å². The second-order valence-electron chi connectivity index (χ2n) is 4.57. The predicted octanol–water partition coefficient (Wildman–Crippen LogP) is 4.52. The number of rotatable bonds is 2. The highest BCUT2D eigenvalue weighted by Crippen LogP contribution is 2.36. The Bertz CT molecular complexity index is 766. The van der Waals surface area contributed by atoms with E-state index in [1.165, 1.54) is 6.07 Å². The molecule has 0 radical (unpaired) electrons. The Morgan fingerprint density at radius 2 is 1.90 bits per heavy atom. The molecule has 0 saturated heterocycles. The minimum atomic E-state index is -0.975. The van der Waals surface area contributed by atoms with Gasteiger partial charge in [-0.1, -0.05) is 29.3 Å². The standard InChI is InChI=1S/C16H10Cl2O3/c17-13-3-1-9(8-14(13)18)11-5-6-21-15-4-2-10(16(19)20)7-12(11)15/h1-5,7-8H,6H2,(H,19,20). The fourth-order valence-corrected chi connectivity index (χ4v) is 2.56. The number of hydrogen-bond acceptors (Lipinski definition) is 2. The number of carboxylic acid groups (broad SMARTS) is 1. The van der Waals surface area contributed by atoms with Gasteiger partial charge in [0.05, 0.1) is 15.6 Å². The van der Waals surface area contributed by atoms with E-state index in [1.807, 2.05) is 12.1 Å². The first-order valence-electron chi connectivity index (χ1n) is 6.22. The number of fused-ring (bicyclic) bond motifs is 1. The van der Waals surface area contributed by atoms with Crippen molar-refractivity contribution in [1.29, 1.82) is 0 Å². The van der Waals surface area contributed by atoms with Crippen molar-refractivity contribution in [2.75, 3.05) is 6.61 Å². The highest BCUT2D eigenvalue weighted by molar-refractivity contribution is 6.42.